The molecule has 1 fully saturated rings. The zero-order valence-corrected chi connectivity index (χ0v) is 8.98. The molecule has 1 rings (SSSR count). The zero-order valence-electron chi connectivity index (χ0n) is 8.98. The van der Waals surface area contributed by atoms with Gasteiger partial charge in [-0.1, -0.05) is 27.7 Å². The number of nitrogens with one attached hydrogen (secondary N) is 1. The van der Waals surface area contributed by atoms with Gasteiger partial charge < -0.3 is 5.32 Å². The number of rotatable bonds is 2. The Balaban J connectivity index is 2.75. The van der Waals surface area contributed by atoms with Crippen molar-refractivity contribution in [2.24, 2.45) is 11.3 Å². The van der Waals surface area contributed by atoms with Gasteiger partial charge in [0.05, 0.1) is 0 Å². The molecule has 0 radical (unpaired) electrons. The highest BCUT2D eigenvalue weighted by molar-refractivity contribution is 5.90. The van der Waals surface area contributed by atoms with Gasteiger partial charge in [0, 0.05) is 30.7 Å². The van der Waals surface area contributed by atoms with Gasteiger partial charge in [-0.3, -0.25) is 4.79 Å². The van der Waals surface area contributed by atoms with E-state index in [1.807, 2.05) is 6.92 Å². The standard InChI is InChI=1S/C11H19NO/c1-5-9(13)6-10-8(2)11(3,4)7-12-10/h6,8,12H,5,7H2,1-4H3/b10-6+. The molecule has 13 heavy (non-hydrogen) atoms. The van der Waals surface area contributed by atoms with E-state index in [0.29, 0.717) is 12.3 Å². The monoisotopic (exact) mass is 181 g/mol. The van der Waals surface area contributed by atoms with Gasteiger partial charge in [-0.05, 0) is 5.41 Å². The highest BCUT2D eigenvalue weighted by Crippen LogP contribution is 2.35. The first-order chi connectivity index (χ1) is 5.97. The highest BCUT2D eigenvalue weighted by atomic mass is 16.1. The normalized spacial score (nSPS) is 28.9. The molecule has 0 amide bonds. The van der Waals surface area contributed by atoms with Crippen LogP contribution in [0.2, 0.25) is 0 Å². The van der Waals surface area contributed by atoms with Crippen LogP contribution in [-0.2, 0) is 4.79 Å². The highest BCUT2D eigenvalue weighted by Gasteiger charge is 2.34. The summed E-state index contributed by atoms with van der Waals surface area (Å²) in [6.45, 7) is 9.49. The van der Waals surface area contributed by atoms with E-state index in [1.54, 1.807) is 6.08 Å². The number of hydrogen-bond acceptors (Lipinski definition) is 2. The van der Waals surface area contributed by atoms with Gasteiger partial charge in [-0.25, -0.2) is 0 Å². The predicted molar refractivity (Wildman–Crippen MR) is 54.3 cm³/mol. The Bertz CT molecular complexity index is 240. The Hall–Kier alpha value is -0.790. The zero-order chi connectivity index (χ0) is 10.1. The number of allylic oxidation sites excluding steroid dienone is 2. The first-order valence-electron chi connectivity index (χ1n) is 4.95. The fourth-order valence-corrected chi connectivity index (χ4v) is 1.51. The third kappa shape index (κ3) is 2.11. The van der Waals surface area contributed by atoms with Crippen molar-refractivity contribution in [2.75, 3.05) is 6.54 Å². The lowest BCUT2D eigenvalue weighted by molar-refractivity contribution is -0.114. The Morgan fingerprint density at radius 2 is 2.31 bits per heavy atom. The van der Waals surface area contributed by atoms with Gasteiger partial charge in [-0.2, -0.15) is 0 Å². The Labute approximate surface area is 80.4 Å². The molecule has 0 aromatic rings. The van der Waals surface area contributed by atoms with E-state index in [-0.39, 0.29) is 11.2 Å². The molecule has 0 bridgehead atoms. The largest absolute Gasteiger partial charge is 0.387 e. The van der Waals surface area contributed by atoms with E-state index < -0.39 is 0 Å². The van der Waals surface area contributed by atoms with Crippen LogP contribution in [0.1, 0.15) is 34.1 Å². The van der Waals surface area contributed by atoms with Crippen molar-refractivity contribution in [3.8, 4) is 0 Å². The van der Waals surface area contributed by atoms with E-state index in [9.17, 15) is 4.79 Å². The lowest BCUT2D eigenvalue weighted by Gasteiger charge is -2.21. The number of ketones is 1. The maximum Gasteiger partial charge on any atom is 0.157 e. The van der Waals surface area contributed by atoms with E-state index in [1.165, 1.54) is 0 Å². The Morgan fingerprint density at radius 3 is 2.69 bits per heavy atom. The van der Waals surface area contributed by atoms with Crippen LogP contribution >= 0.6 is 0 Å². The molecule has 1 unspecified atom stereocenters. The first kappa shape index (κ1) is 10.3. The fourth-order valence-electron chi connectivity index (χ4n) is 1.51. The van der Waals surface area contributed by atoms with Crippen molar-refractivity contribution in [3.05, 3.63) is 11.8 Å². The van der Waals surface area contributed by atoms with E-state index in [2.05, 4.69) is 26.1 Å². The van der Waals surface area contributed by atoms with Crippen LogP contribution in [0.5, 0.6) is 0 Å². The van der Waals surface area contributed by atoms with Crippen LogP contribution < -0.4 is 5.32 Å². The molecule has 0 aliphatic carbocycles. The van der Waals surface area contributed by atoms with Crippen molar-refractivity contribution < 1.29 is 4.79 Å². The lowest BCUT2D eigenvalue weighted by Crippen LogP contribution is -2.19. The van der Waals surface area contributed by atoms with Crippen molar-refractivity contribution in [1.29, 1.82) is 0 Å². The summed E-state index contributed by atoms with van der Waals surface area (Å²) < 4.78 is 0. The summed E-state index contributed by atoms with van der Waals surface area (Å²) in [6, 6.07) is 0. The smallest absolute Gasteiger partial charge is 0.157 e. The van der Waals surface area contributed by atoms with E-state index >= 15 is 0 Å². The van der Waals surface area contributed by atoms with Crippen molar-refractivity contribution in [1.82, 2.24) is 5.32 Å². The van der Waals surface area contributed by atoms with Crippen molar-refractivity contribution in [2.45, 2.75) is 34.1 Å². The molecule has 1 aliphatic rings. The van der Waals surface area contributed by atoms with Crippen LogP contribution in [0.25, 0.3) is 0 Å². The average molecular weight is 181 g/mol. The second kappa shape index (κ2) is 3.52. The predicted octanol–water partition coefficient (Wildman–Crippen LogP) is 2.11. The first-order valence-corrected chi connectivity index (χ1v) is 4.95. The Kier molecular flexibility index (Phi) is 2.79. The summed E-state index contributed by atoms with van der Waals surface area (Å²) >= 11 is 0. The van der Waals surface area contributed by atoms with Crippen molar-refractivity contribution in [3.63, 3.8) is 0 Å². The van der Waals surface area contributed by atoms with Gasteiger partial charge in [0.15, 0.2) is 5.78 Å². The molecule has 0 aromatic carbocycles. The molecule has 0 spiro atoms. The molecule has 0 aromatic heterocycles. The van der Waals surface area contributed by atoms with Gasteiger partial charge in [-0.15, -0.1) is 0 Å². The van der Waals surface area contributed by atoms with Gasteiger partial charge >= 0.3 is 0 Å². The SMILES string of the molecule is CCC(=O)/C=C1/NCC(C)(C)C1C. The topological polar surface area (TPSA) is 29.1 Å². The van der Waals surface area contributed by atoms with E-state index in [4.69, 9.17) is 0 Å². The maximum atomic E-state index is 11.2. The number of carbonyl (C=O) groups excluding carboxylic acids is 1. The summed E-state index contributed by atoms with van der Waals surface area (Å²) in [5.41, 5.74) is 1.39. The second-order valence-corrected chi connectivity index (χ2v) is 4.48. The molecule has 1 heterocycles. The molecular formula is C11H19NO. The minimum absolute atomic E-state index is 0.215. The van der Waals surface area contributed by atoms with Crippen LogP contribution in [0.4, 0.5) is 0 Å². The number of hydrogen-bond donors (Lipinski definition) is 1. The molecule has 1 saturated heterocycles. The van der Waals surface area contributed by atoms with Gasteiger partial charge in [0.2, 0.25) is 0 Å². The molecule has 1 aliphatic heterocycles. The minimum atomic E-state index is 0.215. The van der Waals surface area contributed by atoms with Crippen LogP contribution in [-0.4, -0.2) is 12.3 Å². The molecular weight excluding hydrogens is 162 g/mol. The maximum absolute atomic E-state index is 11.2. The minimum Gasteiger partial charge on any atom is -0.387 e. The van der Waals surface area contributed by atoms with E-state index in [0.717, 1.165) is 12.2 Å². The van der Waals surface area contributed by atoms with Gasteiger partial charge in [0.25, 0.3) is 0 Å². The molecule has 74 valence electrons. The summed E-state index contributed by atoms with van der Waals surface area (Å²) in [4.78, 5) is 11.2. The van der Waals surface area contributed by atoms with Crippen LogP contribution in [0.15, 0.2) is 11.8 Å². The summed E-state index contributed by atoms with van der Waals surface area (Å²) in [7, 11) is 0. The lowest BCUT2D eigenvalue weighted by atomic mass is 9.82. The molecule has 1 atom stereocenters. The summed E-state index contributed by atoms with van der Waals surface area (Å²) in [5.74, 6) is 0.676. The van der Waals surface area contributed by atoms with Gasteiger partial charge in [0.1, 0.15) is 0 Å². The number of carbonyl (C=O) groups is 1. The molecule has 0 saturated carbocycles. The Morgan fingerprint density at radius 1 is 1.69 bits per heavy atom. The van der Waals surface area contributed by atoms with Crippen LogP contribution in [0, 0.1) is 11.3 Å². The third-order valence-electron chi connectivity index (χ3n) is 3.05. The van der Waals surface area contributed by atoms with Crippen LogP contribution in [0.3, 0.4) is 0 Å². The molecule has 1 N–H and O–H groups in total. The molecule has 2 heteroatoms. The third-order valence-corrected chi connectivity index (χ3v) is 3.05. The molecule has 2 nitrogen and oxygen atoms in total. The second-order valence-electron chi connectivity index (χ2n) is 4.48. The average Bonchev–Trinajstić information content (AvgIpc) is 2.32. The summed E-state index contributed by atoms with van der Waals surface area (Å²) in [6.07, 6.45) is 2.36. The van der Waals surface area contributed by atoms with Crippen molar-refractivity contribution >= 4 is 5.78 Å². The quantitative estimate of drug-likeness (QED) is 0.661. The summed E-state index contributed by atoms with van der Waals surface area (Å²) in [5, 5.41) is 3.30. The fraction of sp³-hybridized carbons (Fsp3) is 0.727.